The van der Waals surface area contributed by atoms with E-state index in [2.05, 4.69) is 60.4 Å². The van der Waals surface area contributed by atoms with Crippen molar-refractivity contribution in [2.75, 3.05) is 0 Å². The third-order valence-electron chi connectivity index (χ3n) is 4.27. The number of fused-ring (bicyclic) bond motifs is 1. The fourth-order valence-electron chi connectivity index (χ4n) is 2.92. The second-order valence-electron chi connectivity index (χ2n) is 5.96. The number of aryl methyl sites for hydroxylation is 2. The molecule has 0 unspecified atom stereocenters. The summed E-state index contributed by atoms with van der Waals surface area (Å²) in [6.07, 6.45) is 3.82. The minimum Gasteiger partial charge on any atom is -0.265 e. The van der Waals surface area contributed by atoms with Crippen LogP contribution >= 0.6 is 0 Å². The van der Waals surface area contributed by atoms with Crippen molar-refractivity contribution in [1.82, 2.24) is 4.98 Å². The molecular weight excluding hydrogens is 392 g/mol. The number of hydrogen-bond donors (Lipinski definition) is 0. The molecule has 4 heteroatoms. The summed E-state index contributed by atoms with van der Waals surface area (Å²) in [6, 6.07) is 25.6. The van der Waals surface area contributed by atoms with Gasteiger partial charge >= 0.3 is 0 Å². The fraction of sp³-hybridized carbons (Fsp3) is 0.0909. The molecule has 1 aromatic heterocycles. The molecule has 0 atom stereocenters. The van der Waals surface area contributed by atoms with Crippen LogP contribution in [0.2, 0.25) is 0 Å². The van der Waals surface area contributed by atoms with Crippen LogP contribution in [0.4, 0.5) is 0 Å². The molecule has 4 aromatic rings. The van der Waals surface area contributed by atoms with Crippen LogP contribution in [0.5, 0.6) is 0 Å². The first-order valence-corrected chi connectivity index (χ1v) is 7.97. The van der Waals surface area contributed by atoms with Gasteiger partial charge in [-0.05, 0) is 5.56 Å². The molecule has 122 valence electrons. The molecule has 0 N–H and O–H groups in total. The van der Waals surface area contributed by atoms with Crippen molar-refractivity contribution < 1.29 is 37.3 Å². The average Bonchev–Trinajstić information content (AvgIpc) is 2.62. The Hall–Kier alpha value is -1.83. The molecule has 1 heterocycles. The summed E-state index contributed by atoms with van der Waals surface area (Å²) >= 11 is 0. The zero-order valence-electron chi connectivity index (χ0n) is 14.9. The summed E-state index contributed by atoms with van der Waals surface area (Å²) in [4.78, 5) is 4.52. The number of nitrogens with zero attached hydrogens (tertiary/aromatic N) is 2. The summed E-state index contributed by atoms with van der Waals surface area (Å²) in [6.45, 7) is 2.09. The SMILES string of the molecule is Cc1ccc(-c2[c-]cc3ccccc3c2)[c-]c1-c1nccc[n+]1C.[B].[Y]. The molecule has 0 fully saturated rings. The maximum Gasteiger partial charge on any atom is 0.264 e. The normalized spacial score (nSPS) is 10.1. The standard InChI is InChI=1S/C22H17N2.B.Y/c1-16-8-9-20(15-21(16)22-23-12-5-13-24(22)2)19-11-10-17-6-3-4-7-18(17)14-19;;/h3-10,12-14H,1-2H3;;/q-1;;. The van der Waals surface area contributed by atoms with Gasteiger partial charge in [-0.25, -0.2) is 5.56 Å². The van der Waals surface area contributed by atoms with Crippen molar-refractivity contribution in [2.45, 2.75) is 6.92 Å². The quantitative estimate of drug-likeness (QED) is 0.279. The molecule has 0 aliphatic carbocycles. The van der Waals surface area contributed by atoms with Gasteiger partial charge in [-0.1, -0.05) is 36.2 Å². The topological polar surface area (TPSA) is 16.8 Å². The van der Waals surface area contributed by atoms with E-state index in [0.717, 1.165) is 28.1 Å². The summed E-state index contributed by atoms with van der Waals surface area (Å²) in [5.74, 6) is 0.914. The van der Waals surface area contributed by atoms with Crippen molar-refractivity contribution in [1.29, 1.82) is 0 Å². The fourth-order valence-corrected chi connectivity index (χ4v) is 2.92. The van der Waals surface area contributed by atoms with Gasteiger partial charge in [0.1, 0.15) is 6.20 Å². The molecule has 0 saturated heterocycles. The average molecular weight is 409 g/mol. The predicted octanol–water partition coefficient (Wildman–Crippen LogP) is 3.92. The Bertz CT molecular complexity index is 1050. The van der Waals surface area contributed by atoms with E-state index < -0.39 is 0 Å². The van der Waals surface area contributed by atoms with Crippen molar-refractivity contribution in [2.24, 2.45) is 7.05 Å². The molecule has 0 amide bonds. The minimum absolute atomic E-state index is 0. The first-order valence-electron chi connectivity index (χ1n) is 7.97. The second-order valence-corrected chi connectivity index (χ2v) is 5.96. The maximum atomic E-state index is 4.52. The predicted molar refractivity (Wildman–Crippen MR) is 102 cm³/mol. The zero-order valence-corrected chi connectivity index (χ0v) is 17.7. The maximum absolute atomic E-state index is 4.52. The Labute approximate surface area is 181 Å². The van der Waals surface area contributed by atoms with Gasteiger partial charge in [-0.3, -0.25) is 4.57 Å². The number of rotatable bonds is 2. The Morgan fingerprint density at radius 3 is 2.50 bits per heavy atom. The molecule has 0 spiro atoms. The molecule has 0 saturated carbocycles. The number of aromatic nitrogens is 2. The van der Waals surface area contributed by atoms with E-state index in [9.17, 15) is 0 Å². The van der Waals surface area contributed by atoms with Gasteiger partial charge in [0.05, 0.1) is 13.2 Å². The summed E-state index contributed by atoms with van der Waals surface area (Å²) in [7, 11) is 2.00. The molecule has 4 radical (unpaired) electrons. The van der Waals surface area contributed by atoms with Gasteiger partial charge in [-0.15, -0.1) is 28.5 Å². The monoisotopic (exact) mass is 409 g/mol. The van der Waals surface area contributed by atoms with Gasteiger partial charge in [0.15, 0.2) is 0 Å². The Kier molecular flexibility index (Phi) is 6.86. The van der Waals surface area contributed by atoms with Crippen molar-refractivity contribution in [3.63, 3.8) is 0 Å². The first-order chi connectivity index (χ1) is 11.7. The van der Waals surface area contributed by atoms with Gasteiger partial charge in [0.25, 0.3) is 5.82 Å². The smallest absolute Gasteiger partial charge is 0.264 e. The number of hydrogen-bond acceptors (Lipinski definition) is 1. The van der Waals surface area contributed by atoms with Crippen molar-refractivity contribution in [3.8, 4) is 22.5 Å². The Morgan fingerprint density at radius 2 is 1.73 bits per heavy atom. The van der Waals surface area contributed by atoms with Gasteiger partial charge in [0.2, 0.25) is 0 Å². The van der Waals surface area contributed by atoms with Crippen LogP contribution in [0, 0.1) is 19.1 Å². The van der Waals surface area contributed by atoms with Crippen molar-refractivity contribution in [3.05, 3.63) is 84.7 Å². The van der Waals surface area contributed by atoms with Crippen LogP contribution in [-0.4, -0.2) is 13.4 Å². The van der Waals surface area contributed by atoms with Crippen molar-refractivity contribution >= 4 is 19.2 Å². The molecular formula is C22H17BN2Y-. The Balaban J connectivity index is 0.00000121. The van der Waals surface area contributed by atoms with Crippen LogP contribution in [0.1, 0.15) is 5.56 Å². The molecule has 2 nitrogen and oxygen atoms in total. The molecule has 0 aliphatic rings. The van der Waals surface area contributed by atoms with E-state index >= 15 is 0 Å². The van der Waals surface area contributed by atoms with Gasteiger partial charge in [0, 0.05) is 47.2 Å². The van der Waals surface area contributed by atoms with Gasteiger partial charge < -0.3 is 0 Å². The van der Waals surface area contributed by atoms with Crippen LogP contribution in [0.15, 0.2) is 67.0 Å². The van der Waals surface area contributed by atoms with Crippen LogP contribution in [0.25, 0.3) is 33.3 Å². The van der Waals surface area contributed by atoms with E-state index in [-0.39, 0.29) is 41.1 Å². The number of benzene rings is 3. The zero-order chi connectivity index (χ0) is 16.5. The van der Waals surface area contributed by atoms with E-state index in [1.165, 1.54) is 10.8 Å². The third-order valence-corrected chi connectivity index (χ3v) is 4.27. The second kappa shape index (κ2) is 8.70. The minimum atomic E-state index is 0. The Morgan fingerprint density at radius 1 is 0.962 bits per heavy atom. The molecule has 3 aromatic carbocycles. The van der Waals surface area contributed by atoms with Crippen LogP contribution < -0.4 is 4.57 Å². The summed E-state index contributed by atoms with van der Waals surface area (Å²) in [5, 5.41) is 2.41. The molecule has 26 heavy (non-hydrogen) atoms. The molecule has 0 aliphatic heterocycles. The van der Waals surface area contributed by atoms with E-state index in [1.807, 2.05) is 42.2 Å². The summed E-state index contributed by atoms with van der Waals surface area (Å²) in [5.41, 5.74) is 4.27. The van der Waals surface area contributed by atoms with E-state index in [0.29, 0.717) is 0 Å². The third kappa shape index (κ3) is 3.95. The van der Waals surface area contributed by atoms with Crippen LogP contribution in [0.3, 0.4) is 0 Å². The van der Waals surface area contributed by atoms with Crippen LogP contribution in [-0.2, 0) is 39.8 Å². The molecule has 4 rings (SSSR count). The van der Waals surface area contributed by atoms with Gasteiger partial charge in [-0.2, -0.15) is 29.8 Å². The van der Waals surface area contributed by atoms with E-state index in [4.69, 9.17) is 0 Å². The molecule has 0 bridgehead atoms. The first kappa shape index (κ1) is 20.5. The van der Waals surface area contributed by atoms with E-state index in [1.54, 1.807) is 0 Å². The largest absolute Gasteiger partial charge is 0.265 e. The summed E-state index contributed by atoms with van der Waals surface area (Å²) < 4.78 is 2.02.